The minimum Gasteiger partial charge on any atom is -0.472 e. The van der Waals surface area contributed by atoms with Gasteiger partial charge in [0.25, 0.3) is 0 Å². The van der Waals surface area contributed by atoms with E-state index in [2.05, 4.69) is 10.4 Å². The summed E-state index contributed by atoms with van der Waals surface area (Å²) in [5.74, 6) is 0. The second-order valence-corrected chi connectivity index (χ2v) is 3.22. The van der Waals surface area contributed by atoms with E-state index in [0.29, 0.717) is 0 Å². The summed E-state index contributed by atoms with van der Waals surface area (Å²) in [5.41, 5.74) is 2.21. The number of nitrogens with one attached hydrogen (secondary N) is 1. The number of aromatic nitrogens is 2. The molecular weight excluding hydrogens is 178 g/mol. The molecule has 74 valence electrons. The average Bonchev–Trinajstić information content (AvgIpc) is 2.77. The van der Waals surface area contributed by atoms with E-state index in [0.717, 1.165) is 24.3 Å². The molecule has 2 aromatic rings. The van der Waals surface area contributed by atoms with Gasteiger partial charge in [-0.15, -0.1) is 0 Å². The van der Waals surface area contributed by atoms with Crippen LogP contribution in [0, 0.1) is 0 Å². The van der Waals surface area contributed by atoms with Crippen molar-refractivity contribution in [2.75, 3.05) is 0 Å². The SMILES string of the molecule is Cn1ccc(CNCc2ccoc2)n1. The lowest BCUT2D eigenvalue weighted by molar-refractivity contribution is 0.559. The highest BCUT2D eigenvalue weighted by Gasteiger charge is 1.97. The quantitative estimate of drug-likeness (QED) is 0.792. The molecule has 4 nitrogen and oxygen atoms in total. The number of rotatable bonds is 4. The summed E-state index contributed by atoms with van der Waals surface area (Å²) in [4.78, 5) is 0. The van der Waals surface area contributed by atoms with Gasteiger partial charge in [0, 0.05) is 31.9 Å². The van der Waals surface area contributed by atoms with E-state index in [1.807, 2.05) is 25.4 Å². The van der Waals surface area contributed by atoms with Gasteiger partial charge in [-0.05, 0) is 12.1 Å². The van der Waals surface area contributed by atoms with Crippen LogP contribution >= 0.6 is 0 Å². The maximum atomic E-state index is 4.96. The highest BCUT2D eigenvalue weighted by molar-refractivity contribution is 5.05. The Morgan fingerprint density at radius 3 is 3.00 bits per heavy atom. The number of nitrogens with zero attached hydrogens (tertiary/aromatic N) is 2. The lowest BCUT2D eigenvalue weighted by Gasteiger charge is -1.98. The molecule has 0 saturated carbocycles. The molecular formula is C10H13N3O. The van der Waals surface area contributed by atoms with Crippen LogP contribution in [0.4, 0.5) is 0 Å². The summed E-state index contributed by atoms with van der Waals surface area (Å²) in [6.45, 7) is 1.60. The number of furan rings is 1. The lowest BCUT2D eigenvalue weighted by atomic mass is 10.3. The van der Waals surface area contributed by atoms with Crippen molar-refractivity contribution in [3.63, 3.8) is 0 Å². The Balaban J connectivity index is 1.78. The van der Waals surface area contributed by atoms with Crippen molar-refractivity contribution >= 4 is 0 Å². The highest BCUT2D eigenvalue weighted by atomic mass is 16.3. The summed E-state index contributed by atoms with van der Waals surface area (Å²) < 4.78 is 6.76. The van der Waals surface area contributed by atoms with Gasteiger partial charge in [-0.2, -0.15) is 5.10 Å². The zero-order valence-corrected chi connectivity index (χ0v) is 8.10. The lowest BCUT2D eigenvalue weighted by Crippen LogP contribution is -2.12. The van der Waals surface area contributed by atoms with Crippen molar-refractivity contribution < 1.29 is 4.42 Å². The summed E-state index contributed by atoms with van der Waals surface area (Å²) in [7, 11) is 1.92. The molecule has 14 heavy (non-hydrogen) atoms. The zero-order chi connectivity index (χ0) is 9.80. The zero-order valence-electron chi connectivity index (χ0n) is 8.10. The number of hydrogen-bond donors (Lipinski definition) is 1. The van der Waals surface area contributed by atoms with E-state index in [1.165, 1.54) is 0 Å². The smallest absolute Gasteiger partial charge is 0.0947 e. The van der Waals surface area contributed by atoms with Crippen LogP contribution in [-0.2, 0) is 20.1 Å². The largest absolute Gasteiger partial charge is 0.472 e. The second kappa shape index (κ2) is 4.11. The van der Waals surface area contributed by atoms with E-state index < -0.39 is 0 Å². The van der Waals surface area contributed by atoms with Crippen LogP contribution in [0.5, 0.6) is 0 Å². The van der Waals surface area contributed by atoms with Crippen molar-refractivity contribution in [2.45, 2.75) is 13.1 Å². The molecule has 2 aromatic heterocycles. The first-order valence-corrected chi connectivity index (χ1v) is 4.55. The second-order valence-electron chi connectivity index (χ2n) is 3.22. The Kier molecular flexibility index (Phi) is 2.65. The van der Waals surface area contributed by atoms with Crippen LogP contribution in [0.25, 0.3) is 0 Å². The van der Waals surface area contributed by atoms with Gasteiger partial charge in [-0.25, -0.2) is 0 Å². The van der Waals surface area contributed by atoms with Crippen LogP contribution in [0.2, 0.25) is 0 Å². The van der Waals surface area contributed by atoms with Gasteiger partial charge < -0.3 is 9.73 Å². The Morgan fingerprint density at radius 1 is 1.43 bits per heavy atom. The summed E-state index contributed by atoms with van der Waals surface area (Å²) in [6, 6.07) is 3.95. The topological polar surface area (TPSA) is 43.0 Å². The molecule has 0 aliphatic heterocycles. The van der Waals surface area contributed by atoms with E-state index in [4.69, 9.17) is 4.42 Å². The Morgan fingerprint density at radius 2 is 2.36 bits per heavy atom. The first-order chi connectivity index (χ1) is 6.84. The molecule has 0 aliphatic rings. The van der Waals surface area contributed by atoms with Gasteiger partial charge in [-0.1, -0.05) is 0 Å². The molecule has 0 fully saturated rings. The van der Waals surface area contributed by atoms with E-state index in [1.54, 1.807) is 17.2 Å². The predicted octanol–water partition coefficient (Wildman–Crippen LogP) is 1.30. The van der Waals surface area contributed by atoms with E-state index >= 15 is 0 Å². The third-order valence-electron chi connectivity index (χ3n) is 1.98. The Labute approximate surface area is 82.5 Å². The molecule has 0 aromatic carbocycles. The molecule has 0 unspecified atom stereocenters. The monoisotopic (exact) mass is 191 g/mol. The summed E-state index contributed by atoms with van der Waals surface area (Å²) in [6.07, 6.45) is 5.36. The van der Waals surface area contributed by atoms with Crippen LogP contribution in [0.3, 0.4) is 0 Å². The van der Waals surface area contributed by atoms with Gasteiger partial charge in [0.2, 0.25) is 0 Å². The summed E-state index contributed by atoms with van der Waals surface area (Å²) >= 11 is 0. The van der Waals surface area contributed by atoms with Gasteiger partial charge in [0.05, 0.1) is 18.2 Å². The van der Waals surface area contributed by atoms with Gasteiger partial charge in [0.15, 0.2) is 0 Å². The molecule has 0 spiro atoms. The fourth-order valence-corrected chi connectivity index (χ4v) is 1.29. The first-order valence-electron chi connectivity index (χ1n) is 4.55. The molecule has 0 saturated heterocycles. The van der Waals surface area contributed by atoms with E-state index in [9.17, 15) is 0 Å². The normalized spacial score (nSPS) is 10.6. The molecule has 2 rings (SSSR count). The number of aryl methyl sites for hydroxylation is 1. The minimum absolute atomic E-state index is 0.784. The molecule has 0 bridgehead atoms. The third kappa shape index (κ3) is 2.23. The average molecular weight is 191 g/mol. The van der Waals surface area contributed by atoms with Gasteiger partial charge in [-0.3, -0.25) is 4.68 Å². The molecule has 1 N–H and O–H groups in total. The van der Waals surface area contributed by atoms with Crippen molar-refractivity contribution in [1.29, 1.82) is 0 Å². The molecule has 0 atom stereocenters. The highest BCUT2D eigenvalue weighted by Crippen LogP contribution is 1.99. The van der Waals surface area contributed by atoms with Crippen LogP contribution in [0.1, 0.15) is 11.3 Å². The molecule has 0 radical (unpaired) electrons. The number of hydrogen-bond acceptors (Lipinski definition) is 3. The third-order valence-corrected chi connectivity index (χ3v) is 1.98. The summed E-state index contributed by atoms with van der Waals surface area (Å²) in [5, 5.41) is 7.54. The van der Waals surface area contributed by atoms with Crippen molar-refractivity contribution in [3.05, 3.63) is 42.1 Å². The molecule has 4 heteroatoms. The molecule has 0 aliphatic carbocycles. The maximum absolute atomic E-state index is 4.96. The fraction of sp³-hybridized carbons (Fsp3) is 0.300. The van der Waals surface area contributed by atoms with Gasteiger partial charge >= 0.3 is 0 Å². The van der Waals surface area contributed by atoms with Gasteiger partial charge in [0.1, 0.15) is 0 Å². The first kappa shape index (κ1) is 9.02. The predicted molar refractivity (Wildman–Crippen MR) is 52.5 cm³/mol. The standard InChI is InChI=1S/C10H13N3O/c1-13-4-2-10(12-13)7-11-6-9-3-5-14-8-9/h2-5,8,11H,6-7H2,1H3. The van der Waals surface area contributed by atoms with E-state index in [-0.39, 0.29) is 0 Å². The van der Waals surface area contributed by atoms with Crippen molar-refractivity contribution in [3.8, 4) is 0 Å². The fourth-order valence-electron chi connectivity index (χ4n) is 1.29. The Bertz CT molecular complexity index is 378. The van der Waals surface area contributed by atoms with Crippen molar-refractivity contribution in [2.24, 2.45) is 7.05 Å². The Hall–Kier alpha value is -1.55. The van der Waals surface area contributed by atoms with Crippen molar-refractivity contribution in [1.82, 2.24) is 15.1 Å². The van der Waals surface area contributed by atoms with Crippen LogP contribution < -0.4 is 5.32 Å². The molecule has 2 heterocycles. The maximum Gasteiger partial charge on any atom is 0.0947 e. The minimum atomic E-state index is 0.784. The van der Waals surface area contributed by atoms with Crippen LogP contribution in [0.15, 0.2) is 35.3 Å². The van der Waals surface area contributed by atoms with Crippen LogP contribution in [-0.4, -0.2) is 9.78 Å². The molecule has 0 amide bonds.